The molecule has 0 aliphatic carbocycles. The minimum absolute atomic E-state index is 0.573. The zero-order chi connectivity index (χ0) is 38.2. The number of fused-ring (bicyclic) bond motifs is 8. The van der Waals surface area contributed by atoms with Gasteiger partial charge in [-0.05, 0) is 81.2 Å². The van der Waals surface area contributed by atoms with Gasteiger partial charge in [0.05, 0.1) is 22.1 Å². The SMILES string of the molecule is c1ccc(-n2c3ccccc3c3ccc(-c4ccc5c6ccccc6n(-c6nc(-c7ccc8ccccc8c7)nc(-c7ccc8ccccc8c7)n6)c5c4)cc32)cc1. The molecule has 0 bridgehead atoms. The second kappa shape index (κ2) is 12.8. The standard InChI is InChI=1S/C53H33N5/c1-2-16-42(17-3-1)57-47-20-10-8-18-43(47)45-28-26-38(32-49(45)57)39-27-29-46-44-19-9-11-21-48(44)58(50(46)33-39)53-55-51(40-24-22-34-12-4-6-14-36(34)30-40)54-52(56-53)41-25-23-35-13-5-7-15-37(35)31-41/h1-33H. The lowest BCUT2D eigenvalue weighted by atomic mass is 10.0. The van der Waals surface area contributed by atoms with Crippen molar-refractivity contribution in [3.63, 3.8) is 0 Å². The third kappa shape index (κ3) is 5.14. The third-order valence-corrected chi connectivity index (χ3v) is 11.5. The summed E-state index contributed by atoms with van der Waals surface area (Å²) in [7, 11) is 0. The second-order valence-electron chi connectivity index (χ2n) is 14.9. The van der Waals surface area contributed by atoms with Gasteiger partial charge in [0, 0.05) is 38.4 Å². The summed E-state index contributed by atoms with van der Waals surface area (Å²) in [5.74, 6) is 1.82. The summed E-state index contributed by atoms with van der Waals surface area (Å²) in [5.41, 5.74) is 9.69. The molecule has 0 saturated heterocycles. The summed E-state index contributed by atoms with van der Waals surface area (Å²) in [6, 6.07) is 71.1. The zero-order valence-corrected chi connectivity index (χ0v) is 31.3. The van der Waals surface area contributed by atoms with E-state index in [1.165, 1.54) is 32.6 Å². The molecule has 0 atom stereocenters. The van der Waals surface area contributed by atoms with E-state index in [1.54, 1.807) is 0 Å². The molecule has 0 saturated carbocycles. The Labute approximate surface area is 333 Å². The van der Waals surface area contributed by atoms with Crippen molar-refractivity contribution in [2.75, 3.05) is 0 Å². The van der Waals surface area contributed by atoms with Crippen molar-refractivity contribution in [1.82, 2.24) is 24.1 Å². The van der Waals surface area contributed by atoms with Crippen LogP contribution in [0.25, 0.3) is 111 Å². The molecule has 3 aromatic heterocycles. The lowest BCUT2D eigenvalue weighted by Gasteiger charge is -2.12. The molecule has 0 radical (unpaired) electrons. The van der Waals surface area contributed by atoms with Crippen molar-refractivity contribution >= 4 is 65.2 Å². The van der Waals surface area contributed by atoms with E-state index in [-0.39, 0.29) is 0 Å². The summed E-state index contributed by atoms with van der Waals surface area (Å²) in [6.07, 6.45) is 0. The Hall–Kier alpha value is -7.89. The van der Waals surface area contributed by atoms with Crippen LogP contribution in [0.5, 0.6) is 0 Å². The van der Waals surface area contributed by atoms with E-state index < -0.39 is 0 Å². The van der Waals surface area contributed by atoms with E-state index in [1.807, 2.05) is 0 Å². The Morgan fingerprint density at radius 1 is 0.276 bits per heavy atom. The van der Waals surface area contributed by atoms with E-state index in [9.17, 15) is 0 Å². The van der Waals surface area contributed by atoms with Gasteiger partial charge in [-0.1, -0.05) is 152 Å². The van der Waals surface area contributed by atoms with Crippen LogP contribution in [-0.4, -0.2) is 24.1 Å². The molecule has 12 rings (SSSR count). The highest BCUT2D eigenvalue weighted by Gasteiger charge is 2.20. The fourth-order valence-electron chi connectivity index (χ4n) is 8.75. The average molecular weight is 740 g/mol. The predicted molar refractivity (Wildman–Crippen MR) is 240 cm³/mol. The molecule has 5 heteroatoms. The maximum Gasteiger partial charge on any atom is 0.238 e. The quantitative estimate of drug-likeness (QED) is 0.177. The number of hydrogen-bond donors (Lipinski definition) is 0. The largest absolute Gasteiger partial charge is 0.309 e. The van der Waals surface area contributed by atoms with Gasteiger partial charge in [0.25, 0.3) is 0 Å². The monoisotopic (exact) mass is 739 g/mol. The Morgan fingerprint density at radius 3 is 1.28 bits per heavy atom. The molecule has 5 nitrogen and oxygen atoms in total. The van der Waals surface area contributed by atoms with Crippen LogP contribution >= 0.6 is 0 Å². The highest BCUT2D eigenvalue weighted by molar-refractivity contribution is 6.12. The minimum atomic E-state index is 0.573. The number of benzene rings is 9. The molecular formula is C53H33N5. The molecule has 58 heavy (non-hydrogen) atoms. The Morgan fingerprint density at radius 2 is 0.707 bits per heavy atom. The van der Waals surface area contributed by atoms with Crippen molar-refractivity contribution in [1.29, 1.82) is 0 Å². The highest BCUT2D eigenvalue weighted by atomic mass is 15.2. The number of hydrogen-bond acceptors (Lipinski definition) is 3. The normalized spacial score (nSPS) is 11.8. The van der Waals surface area contributed by atoms with Gasteiger partial charge in [-0.2, -0.15) is 9.97 Å². The van der Waals surface area contributed by atoms with Crippen LogP contribution in [0, 0.1) is 0 Å². The molecule has 9 aromatic carbocycles. The summed E-state index contributed by atoms with van der Waals surface area (Å²) in [4.78, 5) is 15.7. The molecule has 0 amide bonds. The van der Waals surface area contributed by atoms with Crippen molar-refractivity contribution in [3.05, 3.63) is 200 Å². The van der Waals surface area contributed by atoms with Crippen molar-refractivity contribution in [3.8, 4) is 45.5 Å². The maximum absolute atomic E-state index is 5.29. The maximum atomic E-state index is 5.29. The van der Waals surface area contributed by atoms with Gasteiger partial charge in [0.1, 0.15) is 0 Å². The topological polar surface area (TPSA) is 48.5 Å². The predicted octanol–water partition coefficient (Wildman–Crippen LogP) is 13.4. The van der Waals surface area contributed by atoms with Crippen LogP contribution < -0.4 is 0 Å². The molecule has 0 unspecified atom stereocenters. The van der Waals surface area contributed by atoms with E-state index in [0.717, 1.165) is 60.5 Å². The van der Waals surface area contributed by atoms with Gasteiger partial charge >= 0.3 is 0 Å². The van der Waals surface area contributed by atoms with Crippen LogP contribution in [0.2, 0.25) is 0 Å². The Bertz CT molecular complexity index is 3480. The van der Waals surface area contributed by atoms with Crippen LogP contribution in [0.15, 0.2) is 200 Å². The van der Waals surface area contributed by atoms with E-state index >= 15 is 0 Å². The zero-order valence-electron chi connectivity index (χ0n) is 31.3. The van der Waals surface area contributed by atoms with Crippen molar-refractivity contribution in [2.45, 2.75) is 0 Å². The van der Waals surface area contributed by atoms with Gasteiger partial charge in [-0.3, -0.25) is 4.57 Å². The average Bonchev–Trinajstić information content (AvgIpc) is 3.81. The van der Waals surface area contributed by atoms with Crippen LogP contribution in [0.4, 0.5) is 0 Å². The Balaban J connectivity index is 1.09. The molecular weight excluding hydrogens is 707 g/mol. The fraction of sp³-hybridized carbons (Fsp3) is 0. The molecule has 0 aliphatic rings. The summed E-state index contributed by atoms with van der Waals surface area (Å²) in [6.45, 7) is 0. The van der Waals surface area contributed by atoms with E-state index in [0.29, 0.717) is 17.6 Å². The molecule has 12 aromatic rings. The first-order valence-corrected chi connectivity index (χ1v) is 19.6. The first kappa shape index (κ1) is 32.4. The molecule has 0 aliphatic heterocycles. The minimum Gasteiger partial charge on any atom is -0.309 e. The van der Waals surface area contributed by atoms with Gasteiger partial charge in [0.15, 0.2) is 11.6 Å². The molecule has 0 fully saturated rings. The van der Waals surface area contributed by atoms with Crippen LogP contribution in [0.1, 0.15) is 0 Å². The fourth-order valence-corrected chi connectivity index (χ4v) is 8.75. The summed E-state index contributed by atoms with van der Waals surface area (Å²) < 4.78 is 4.58. The van der Waals surface area contributed by atoms with Gasteiger partial charge in [-0.15, -0.1) is 0 Å². The van der Waals surface area contributed by atoms with Crippen LogP contribution in [-0.2, 0) is 0 Å². The molecule has 270 valence electrons. The number of para-hydroxylation sites is 3. The smallest absolute Gasteiger partial charge is 0.238 e. The number of nitrogens with zero attached hydrogens (tertiary/aromatic N) is 5. The molecule has 0 N–H and O–H groups in total. The van der Waals surface area contributed by atoms with E-state index in [2.05, 4.69) is 209 Å². The Kier molecular flexibility index (Phi) is 7.16. The second-order valence-corrected chi connectivity index (χ2v) is 14.9. The first-order chi connectivity index (χ1) is 28.7. The molecule has 3 heterocycles. The van der Waals surface area contributed by atoms with Crippen molar-refractivity contribution < 1.29 is 0 Å². The summed E-state index contributed by atoms with van der Waals surface area (Å²) >= 11 is 0. The van der Waals surface area contributed by atoms with Crippen molar-refractivity contribution in [2.24, 2.45) is 0 Å². The molecule has 0 spiro atoms. The first-order valence-electron chi connectivity index (χ1n) is 19.6. The number of aromatic nitrogens is 5. The lowest BCUT2D eigenvalue weighted by Crippen LogP contribution is -2.06. The summed E-state index contributed by atoms with van der Waals surface area (Å²) in [5, 5.41) is 9.37. The number of rotatable bonds is 5. The van der Waals surface area contributed by atoms with Gasteiger partial charge in [0.2, 0.25) is 5.95 Å². The van der Waals surface area contributed by atoms with Gasteiger partial charge in [-0.25, -0.2) is 4.98 Å². The van der Waals surface area contributed by atoms with Gasteiger partial charge < -0.3 is 4.57 Å². The lowest BCUT2D eigenvalue weighted by molar-refractivity contribution is 0.954. The van der Waals surface area contributed by atoms with E-state index in [4.69, 9.17) is 15.0 Å². The highest BCUT2D eigenvalue weighted by Crippen LogP contribution is 2.38. The third-order valence-electron chi connectivity index (χ3n) is 11.5. The van der Waals surface area contributed by atoms with Crippen LogP contribution in [0.3, 0.4) is 0 Å².